The number of rotatable bonds is 11. The zero-order chi connectivity index (χ0) is 25.0. The molecule has 0 unspecified atom stereocenters. The van der Waals surface area contributed by atoms with Gasteiger partial charge in [-0.25, -0.2) is 0 Å². The van der Waals surface area contributed by atoms with E-state index in [0.29, 0.717) is 13.1 Å². The summed E-state index contributed by atoms with van der Waals surface area (Å²) >= 11 is 3.03. The Morgan fingerprint density at radius 2 is 0.806 bits per heavy atom. The highest BCUT2D eigenvalue weighted by atomic mass is 32.2. The van der Waals surface area contributed by atoms with Gasteiger partial charge in [0, 0.05) is 22.9 Å². The monoisotopic (exact) mass is 512 g/mol. The van der Waals surface area contributed by atoms with Crippen LogP contribution in [0.25, 0.3) is 0 Å². The molecular formula is C30H28N2O2S2. The fourth-order valence-corrected chi connectivity index (χ4v) is 5.77. The summed E-state index contributed by atoms with van der Waals surface area (Å²) in [7, 11) is 0. The summed E-state index contributed by atoms with van der Waals surface area (Å²) in [5.41, 5.74) is 1.88. The van der Waals surface area contributed by atoms with Crippen molar-refractivity contribution in [3.8, 4) is 0 Å². The predicted molar refractivity (Wildman–Crippen MR) is 149 cm³/mol. The van der Waals surface area contributed by atoms with Crippen molar-refractivity contribution in [1.82, 2.24) is 10.6 Å². The van der Waals surface area contributed by atoms with Crippen LogP contribution in [-0.2, 0) is 9.59 Å². The van der Waals surface area contributed by atoms with Crippen molar-refractivity contribution < 1.29 is 9.59 Å². The minimum Gasteiger partial charge on any atom is -0.353 e. The first-order valence-corrected chi connectivity index (χ1v) is 13.6. The molecule has 0 heterocycles. The molecule has 4 aromatic rings. The predicted octanol–water partition coefficient (Wildman–Crippen LogP) is 6.29. The van der Waals surface area contributed by atoms with Crippen LogP contribution >= 0.6 is 23.5 Å². The Morgan fingerprint density at radius 3 is 1.14 bits per heavy atom. The molecule has 0 spiro atoms. The van der Waals surface area contributed by atoms with Crippen LogP contribution in [0.1, 0.15) is 21.6 Å². The van der Waals surface area contributed by atoms with Gasteiger partial charge in [0.05, 0.1) is 0 Å². The molecule has 4 aromatic carbocycles. The third kappa shape index (κ3) is 7.51. The van der Waals surface area contributed by atoms with Crippen molar-refractivity contribution in [3.63, 3.8) is 0 Å². The molecule has 0 aliphatic heterocycles. The second-order valence-corrected chi connectivity index (χ2v) is 10.4. The van der Waals surface area contributed by atoms with E-state index in [4.69, 9.17) is 0 Å². The Balaban J connectivity index is 1.36. The molecule has 0 saturated heterocycles. The normalized spacial score (nSPS) is 12.3. The minimum absolute atomic E-state index is 0.0810. The van der Waals surface area contributed by atoms with E-state index in [0.717, 1.165) is 20.9 Å². The number of hydrogen-bond acceptors (Lipinski definition) is 4. The van der Waals surface area contributed by atoms with E-state index in [1.807, 2.05) is 121 Å². The molecule has 0 bridgehead atoms. The summed E-state index contributed by atoms with van der Waals surface area (Å²) in [4.78, 5) is 28.3. The molecule has 0 radical (unpaired) electrons. The first kappa shape index (κ1) is 25.6. The molecule has 0 aliphatic carbocycles. The van der Waals surface area contributed by atoms with Gasteiger partial charge in [0.15, 0.2) is 0 Å². The summed E-state index contributed by atoms with van der Waals surface area (Å²) in [6.07, 6.45) is 0. The molecule has 4 rings (SSSR count). The van der Waals surface area contributed by atoms with E-state index in [9.17, 15) is 9.59 Å². The molecule has 2 N–H and O–H groups in total. The SMILES string of the molecule is O=C(NCCNC(=O)[C@@H](Sc1ccccc1)c1ccccc1)[C@@H](Sc1ccccc1)c1ccccc1. The first-order valence-electron chi connectivity index (χ1n) is 11.8. The van der Waals surface area contributed by atoms with Crippen molar-refractivity contribution in [2.45, 2.75) is 20.3 Å². The molecule has 182 valence electrons. The van der Waals surface area contributed by atoms with Crippen LogP contribution in [0, 0.1) is 0 Å². The smallest absolute Gasteiger partial charge is 0.238 e. The van der Waals surface area contributed by atoms with Crippen LogP contribution in [-0.4, -0.2) is 24.9 Å². The lowest BCUT2D eigenvalue weighted by atomic mass is 10.1. The van der Waals surface area contributed by atoms with Crippen molar-refractivity contribution in [2.24, 2.45) is 0 Å². The van der Waals surface area contributed by atoms with Gasteiger partial charge in [0.2, 0.25) is 11.8 Å². The van der Waals surface area contributed by atoms with Gasteiger partial charge in [-0.15, -0.1) is 23.5 Å². The second kappa shape index (κ2) is 13.6. The largest absolute Gasteiger partial charge is 0.353 e. The minimum atomic E-state index is -0.380. The van der Waals surface area contributed by atoms with Gasteiger partial charge < -0.3 is 10.6 Å². The van der Waals surface area contributed by atoms with E-state index in [1.165, 1.54) is 23.5 Å². The maximum Gasteiger partial charge on any atom is 0.238 e. The lowest BCUT2D eigenvalue weighted by molar-refractivity contribution is -0.122. The lowest BCUT2D eigenvalue weighted by Gasteiger charge is -2.19. The maximum absolute atomic E-state index is 13.1. The second-order valence-electron chi connectivity index (χ2n) is 8.03. The summed E-state index contributed by atoms with van der Waals surface area (Å²) in [6, 6.07) is 39.3. The number of hydrogen-bond donors (Lipinski definition) is 2. The van der Waals surface area contributed by atoms with E-state index in [-0.39, 0.29) is 22.3 Å². The molecular weight excluding hydrogens is 484 g/mol. The molecule has 6 heteroatoms. The quantitative estimate of drug-likeness (QED) is 0.183. The molecule has 0 saturated carbocycles. The molecule has 4 nitrogen and oxygen atoms in total. The summed E-state index contributed by atoms with van der Waals surface area (Å²) < 4.78 is 0. The van der Waals surface area contributed by atoms with E-state index in [1.54, 1.807) is 0 Å². The highest BCUT2D eigenvalue weighted by molar-refractivity contribution is 8.00. The van der Waals surface area contributed by atoms with Crippen molar-refractivity contribution in [3.05, 3.63) is 132 Å². The summed E-state index contributed by atoms with van der Waals surface area (Å²) in [5.74, 6) is -0.162. The first-order chi connectivity index (χ1) is 17.7. The molecule has 2 amide bonds. The molecule has 0 fully saturated rings. The Labute approximate surface area is 220 Å². The number of benzene rings is 4. The molecule has 36 heavy (non-hydrogen) atoms. The highest BCUT2D eigenvalue weighted by Gasteiger charge is 2.23. The van der Waals surface area contributed by atoms with Crippen molar-refractivity contribution in [2.75, 3.05) is 13.1 Å². The molecule has 0 aromatic heterocycles. The fourth-order valence-electron chi connectivity index (χ4n) is 3.63. The molecule has 0 aliphatic rings. The average molecular weight is 513 g/mol. The third-order valence-corrected chi connectivity index (χ3v) is 7.93. The van der Waals surface area contributed by atoms with Crippen LogP contribution in [0.5, 0.6) is 0 Å². The van der Waals surface area contributed by atoms with Gasteiger partial charge in [0.1, 0.15) is 10.5 Å². The van der Waals surface area contributed by atoms with Crippen molar-refractivity contribution in [1.29, 1.82) is 0 Å². The van der Waals surface area contributed by atoms with Crippen LogP contribution in [0.4, 0.5) is 0 Å². The zero-order valence-corrected chi connectivity index (χ0v) is 21.4. The number of nitrogens with one attached hydrogen (secondary N) is 2. The van der Waals surface area contributed by atoms with E-state index < -0.39 is 0 Å². The van der Waals surface area contributed by atoms with Gasteiger partial charge in [-0.3, -0.25) is 9.59 Å². The van der Waals surface area contributed by atoms with Crippen LogP contribution in [0.3, 0.4) is 0 Å². The summed E-state index contributed by atoms with van der Waals surface area (Å²) in [6.45, 7) is 0.696. The Kier molecular flexibility index (Phi) is 9.65. The van der Waals surface area contributed by atoms with Crippen LogP contribution < -0.4 is 10.6 Å². The Bertz CT molecular complexity index is 1120. The zero-order valence-electron chi connectivity index (χ0n) is 19.7. The van der Waals surface area contributed by atoms with Gasteiger partial charge >= 0.3 is 0 Å². The van der Waals surface area contributed by atoms with Gasteiger partial charge in [-0.05, 0) is 35.4 Å². The standard InChI is InChI=1S/C30H28N2O2S2/c33-29(27(23-13-5-1-6-14-23)35-25-17-9-3-10-18-25)31-21-22-32-30(34)28(24-15-7-2-8-16-24)36-26-19-11-4-12-20-26/h1-20,27-28H,21-22H2,(H,31,33)(H,32,34)/t27-,28-/m0/s1. The number of amides is 2. The highest BCUT2D eigenvalue weighted by Crippen LogP contribution is 2.36. The topological polar surface area (TPSA) is 58.2 Å². The van der Waals surface area contributed by atoms with Gasteiger partial charge in [-0.2, -0.15) is 0 Å². The van der Waals surface area contributed by atoms with Gasteiger partial charge in [-0.1, -0.05) is 97.1 Å². The maximum atomic E-state index is 13.1. The Morgan fingerprint density at radius 1 is 0.500 bits per heavy atom. The Hall–Kier alpha value is -3.48. The van der Waals surface area contributed by atoms with Gasteiger partial charge in [0.25, 0.3) is 0 Å². The van der Waals surface area contributed by atoms with E-state index >= 15 is 0 Å². The third-order valence-electron chi connectivity index (χ3n) is 5.40. The van der Waals surface area contributed by atoms with E-state index in [2.05, 4.69) is 10.6 Å². The summed E-state index contributed by atoms with van der Waals surface area (Å²) in [5, 5.41) is 5.25. The van der Waals surface area contributed by atoms with Crippen LogP contribution in [0.15, 0.2) is 131 Å². The van der Waals surface area contributed by atoms with Crippen molar-refractivity contribution >= 4 is 35.3 Å². The lowest BCUT2D eigenvalue weighted by Crippen LogP contribution is -2.37. The number of carbonyl (C=O) groups excluding carboxylic acids is 2. The fraction of sp³-hybridized carbons (Fsp3) is 0.133. The number of thioether (sulfide) groups is 2. The number of carbonyl (C=O) groups is 2. The molecule has 2 atom stereocenters. The average Bonchev–Trinajstić information content (AvgIpc) is 2.94. The van der Waals surface area contributed by atoms with Crippen LogP contribution in [0.2, 0.25) is 0 Å².